The SMILES string of the molecule is CC1CCC(N2CCCC2CCCO)CC1C. The third-order valence-electron chi connectivity index (χ3n) is 5.16. The molecule has 0 amide bonds. The van der Waals surface area contributed by atoms with Crippen LogP contribution in [0, 0.1) is 11.8 Å². The van der Waals surface area contributed by atoms with Crippen molar-refractivity contribution in [3.05, 3.63) is 0 Å². The van der Waals surface area contributed by atoms with Gasteiger partial charge in [0, 0.05) is 18.7 Å². The van der Waals surface area contributed by atoms with Gasteiger partial charge in [-0.15, -0.1) is 0 Å². The molecule has 2 nitrogen and oxygen atoms in total. The van der Waals surface area contributed by atoms with Crippen LogP contribution in [0.15, 0.2) is 0 Å². The van der Waals surface area contributed by atoms with E-state index in [1.807, 2.05) is 0 Å². The van der Waals surface area contributed by atoms with Crippen LogP contribution in [0.5, 0.6) is 0 Å². The van der Waals surface area contributed by atoms with Crippen molar-refractivity contribution in [3.63, 3.8) is 0 Å². The topological polar surface area (TPSA) is 23.5 Å². The maximum atomic E-state index is 8.98. The average molecular weight is 239 g/mol. The molecule has 1 saturated carbocycles. The summed E-state index contributed by atoms with van der Waals surface area (Å²) in [6.07, 6.45) is 9.14. The average Bonchev–Trinajstić information content (AvgIpc) is 2.78. The van der Waals surface area contributed by atoms with E-state index < -0.39 is 0 Å². The molecule has 0 bridgehead atoms. The van der Waals surface area contributed by atoms with Crippen LogP contribution in [-0.4, -0.2) is 35.2 Å². The van der Waals surface area contributed by atoms with Gasteiger partial charge in [0.05, 0.1) is 0 Å². The Morgan fingerprint density at radius 3 is 2.65 bits per heavy atom. The number of hydrogen-bond donors (Lipinski definition) is 1. The van der Waals surface area contributed by atoms with Crippen molar-refractivity contribution in [2.24, 2.45) is 11.8 Å². The van der Waals surface area contributed by atoms with E-state index in [-0.39, 0.29) is 0 Å². The Kier molecular flexibility index (Phi) is 4.87. The second-order valence-corrected chi connectivity index (χ2v) is 6.32. The normalized spacial score (nSPS) is 39.7. The van der Waals surface area contributed by atoms with E-state index in [1.165, 1.54) is 45.1 Å². The van der Waals surface area contributed by atoms with Gasteiger partial charge in [0.1, 0.15) is 0 Å². The first kappa shape index (κ1) is 13.4. The molecule has 2 heteroatoms. The lowest BCUT2D eigenvalue weighted by Crippen LogP contribution is -2.43. The number of rotatable bonds is 4. The zero-order chi connectivity index (χ0) is 12.3. The highest BCUT2D eigenvalue weighted by atomic mass is 16.2. The standard InChI is InChI=1S/C15H29NO/c1-12-7-8-15(11-13(12)2)16-9-3-5-14(16)6-4-10-17/h12-15,17H,3-11H2,1-2H3. The van der Waals surface area contributed by atoms with Crippen LogP contribution in [0.1, 0.15) is 58.8 Å². The molecule has 1 N–H and O–H groups in total. The van der Waals surface area contributed by atoms with Gasteiger partial charge >= 0.3 is 0 Å². The molecule has 1 heterocycles. The fourth-order valence-corrected chi connectivity index (χ4v) is 3.80. The summed E-state index contributed by atoms with van der Waals surface area (Å²) in [5.41, 5.74) is 0. The summed E-state index contributed by atoms with van der Waals surface area (Å²) in [5, 5.41) is 8.98. The maximum absolute atomic E-state index is 8.98. The number of aliphatic hydroxyl groups excluding tert-OH is 1. The molecular formula is C15H29NO. The zero-order valence-electron chi connectivity index (χ0n) is 11.6. The van der Waals surface area contributed by atoms with Crippen LogP contribution in [-0.2, 0) is 0 Å². The highest BCUT2D eigenvalue weighted by molar-refractivity contribution is 4.89. The molecule has 0 aromatic rings. The molecular weight excluding hydrogens is 210 g/mol. The summed E-state index contributed by atoms with van der Waals surface area (Å²) < 4.78 is 0. The minimum absolute atomic E-state index is 0.364. The summed E-state index contributed by atoms with van der Waals surface area (Å²) >= 11 is 0. The summed E-state index contributed by atoms with van der Waals surface area (Å²) in [6, 6.07) is 1.61. The molecule has 2 fully saturated rings. The van der Waals surface area contributed by atoms with E-state index in [9.17, 15) is 0 Å². The Morgan fingerprint density at radius 2 is 1.94 bits per heavy atom. The Bertz CT molecular complexity index is 231. The molecule has 2 rings (SSSR count). The summed E-state index contributed by atoms with van der Waals surface area (Å²) in [4.78, 5) is 2.78. The van der Waals surface area contributed by atoms with Crippen LogP contribution in [0.4, 0.5) is 0 Å². The fraction of sp³-hybridized carbons (Fsp3) is 1.00. The minimum Gasteiger partial charge on any atom is -0.396 e. The molecule has 0 spiro atoms. The minimum atomic E-state index is 0.364. The van der Waals surface area contributed by atoms with Gasteiger partial charge in [-0.1, -0.05) is 13.8 Å². The molecule has 1 aliphatic heterocycles. The monoisotopic (exact) mass is 239 g/mol. The van der Waals surface area contributed by atoms with E-state index in [1.54, 1.807) is 0 Å². The van der Waals surface area contributed by atoms with E-state index in [0.717, 1.165) is 30.3 Å². The number of likely N-dealkylation sites (tertiary alicyclic amines) is 1. The van der Waals surface area contributed by atoms with Gasteiger partial charge < -0.3 is 5.11 Å². The Balaban J connectivity index is 1.87. The van der Waals surface area contributed by atoms with Gasteiger partial charge in [-0.2, -0.15) is 0 Å². The second kappa shape index (κ2) is 6.19. The van der Waals surface area contributed by atoms with Gasteiger partial charge in [0.15, 0.2) is 0 Å². The quantitative estimate of drug-likeness (QED) is 0.815. The molecule has 4 unspecified atom stereocenters. The largest absolute Gasteiger partial charge is 0.396 e. The lowest BCUT2D eigenvalue weighted by molar-refractivity contribution is 0.0919. The van der Waals surface area contributed by atoms with Crippen LogP contribution in [0.2, 0.25) is 0 Å². The molecule has 0 radical (unpaired) electrons. The fourth-order valence-electron chi connectivity index (χ4n) is 3.80. The van der Waals surface area contributed by atoms with E-state index in [4.69, 9.17) is 5.11 Å². The third-order valence-corrected chi connectivity index (χ3v) is 5.16. The molecule has 4 atom stereocenters. The van der Waals surface area contributed by atoms with Crippen LogP contribution < -0.4 is 0 Å². The van der Waals surface area contributed by atoms with Gasteiger partial charge in [0.25, 0.3) is 0 Å². The molecule has 2 aliphatic rings. The molecule has 100 valence electrons. The lowest BCUT2D eigenvalue weighted by atomic mass is 9.78. The number of hydrogen-bond acceptors (Lipinski definition) is 2. The number of aliphatic hydroxyl groups is 1. The van der Waals surface area contributed by atoms with Crippen LogP contribution in [0.25, 0.3) is 0 Å². The molecule has 17 heavy (non-hydrogen) atoms. The smallest absolute Gasteiger partial charge is 0.0431 e. The van der Waals surface area contributed by atoms with Gasteiger partial charge in [-0.05, 0) is 63.3 Å². The number of nitrogens with zero attached hydrogens (tertiary/aromatic N) is 1. The third kappa shape index (κ3) is 3.23. The Hall–Kier alpha value is -0.0800. The highest BCUT2D eigenvalue weighted by Gasteiger charge is 2.34. The molecule has 0 aromatic heterocycles. The first-order chi connectivity index (χ1) is 8.22. The Labute approximate surface area is 106 Å². The van der Waals surface area contributed by atoms with E-state index >= 15 is 0 Å². The molecule has 1 aliphatic carbocycles. The van der Waals surface area contributed by atoms with E-state index in [0.29, 0.717) is 6.61 Å². The van der Waals surface area contributed by atoms with Crippen molar-refractivity contribution in [3.8, 4) is 0 Å². The van der Waals surface area contributed by atoms with Crippen molar-refractivity contribution >= 4 is 0 Å². The van der Waals surface area contributed by atoms with Gasteiger partial charge in [-0.3, -0.25) is 4.90 Å². The van der Waals surface area contributed by atoms with Crippen LogP contribution in [0.3, 0.4) is 0 Å². The first-order valence-electron chi connectivity index (χ1n) is 7.59. The van der Waals surface area contributed by atoms with Crippen molar-refractivity contribution in [2.75, 3.05) is 13.2 Å². The summed E-state index contributed by atoms with van der Waals surface area (Å²) in [7, 11) is 0. The van der Waals surface area contributed by atoms with Gasteiger partial charge in [0.2, 0.25) is 0 Å². The zero-order valence-corrected chi connectivity index (χ0v) is 11.6. The lowest BCUT2D eigenvalue weighted by Gasteiger charge is -2.40. The predicted octanol–water partition coefficient (Wildman–Crippen LogP) is 3.05. The van der Waals surface area contributed by atoms with E-state index in [2.05, 4.69) is 18.7 Å². The Morgan fingerprint density at radius 1 is 1.12 bits per heavy atom. The van der Waals surface area contributed by atoms with Crippen molar-refractivity contribution in [1.82, 2.24) is 4.90 Å². The van der Waals surface area contributed by atoms with Gasteiger partial charge in [-0.25, -0.2) is 0 Å². The molecule has 1 saturated heterocycles. The first-order valence-corrected chi connectivity index (χ1v) is 7.59. The summed E-state index contributed by atoms with van der Waals surface area (Å²) in [5.74, 6) is 1.82. The second-order valence-electron chi connectivity index (χ2n) is 6.32. The van der Waals surface area contributed by atoms with Crippen molar-refractivity contribution in [1.29, 1.82) is 0 Å². The maximum Gasteiger partial charge on any atom is 0.0431 e. The summed E-state index contributed by atoms with van der Waals surface area (Å²) in [6.45, 7) is 6.51. The predicted molar refractivity (Wildman–Crippen MR) is 72.0 cm³/mol. The van der Waals surface area contributed by atoms with Crippen LogP contribution >= 0.6 is 0 Å². The highest BCUT2D eigenvalue weighted by Crippen LogP contribution is 2.35. The van der Waals surface area contributed by atoms with Crippen molar-refractivity contribution in [2.45, 2.75) is 70.9 Å². The van der Waals surface area contributed by atoms with Crippen molar-refractivity contribution < 1.29 is 5.11 Å². The molecule has 0 aromatic carbocycles.